The molecule has 1 amide bonds. The Kier molecular flexibility index (Phi) is 5.41. The third kappa shape index (κ3) is 4.54. The van der Waals surface area contributed by atoms with Gasteiger partial charge >= 0.3 is 0 Å². The molecule has 1 fully saturated rings. The van der Waals surface area contributed by atoms with Crippen molar-refractivity contribution in [1.29, 1.82) is 0 Å². The number of anilines is 3. The molecule has 10 nitrogen and oxygen atoms in total. The highest BCUT2D eigenvalue weighted by Crippen LogP contribution is 2.19. The number of carbonyl (C=O) groups is 1. The van der Waals surface area contributed by atoms with Gasteiger partial charge in [0.15, 0.2) is 5.82 Å². The fourth-order valence-corrected chi connectivity index (χ4v) is 3.24. The van der Waals surface area contributed by atoms with E-state index < -0.39 is 0 Å². The molecule has 3 heterocycles. The number of amides is 1. The molecule has 1 atom stereocenters. The summed E-state index contributed by atoms with van der Waals surface area (Å²) in [5, 5.41) is 22.8. The third-order valence-electron chi connectivity index (χ3n) is 4.57. The summed E-state index contributed by atoms with van der Waals surface area (Å²) in [4.78, 5) is 19.7. The van der Waals surface area contributed by atoms with Gasteiger partial charge in [0.05, 0.1) is 24.3 Å². The minimum Gasteiger partial charge on any atom is -0.348 e. The molecule has 0 saturated carbocycles. The molecule has 0 spiro atoms. The van der Waals surface area contributed by atoms with Crippen LogP contribution in [0, 0.1) is 0 Å². The number of piperidine rings is 1. The standard InChI is InChI=1S/C19H21N9O/c1-2-18(29)27-10-4-6-15(13-27)24-19-25-17(12-20-26-19)23-14-5-3-7-16(11-14)28-21-8-9-22-28/h2-3,5,7-9,11-12,15H,1,4,6,10,13H2,(H2,23,24,25,26). The van der Waals surface area contributed by atoms with E-state index in [1.807, 2.05) is 24.3 Å². The molecule has 0 bridgehead atoms. The van der Waals surface area contributed by atoms with E-state index in [0.717, 1.165) is 30.8 Å². The Morgan fingerprint density at radius 1 is 1.28 bits per heavy atom. The maximum atomic E-state index is 11.9. The zero-order chi connectivity index (χ0) is 20.1. The van der Waals surface area contributed by atoms with Crippen LogP contribution in [0.25, 0.3) is 5.69 Å². The van der Waals surface area contributed by atoms with Gasteiger partial charge in [-0.05, 0) is 37.1 Å². The number of rotatable bonds is 6. The summed E-state index contributed by atoms with van der Waals surface area (Å²) in [5.41, 5.74) is 1.65. The maximum Gasteiger partial charge on any atom is 0.246 e. The fourth-order valence-electron chi connectivity index (χ4n) is 3.24. The minimum atomic E-state index is -0.0579. The summed E-state index contributed by atoms with van der Waals surface area (Å²) in [7, 11) is 0. The van der Waals surface area contributed by atoms with Crippen molar-refractivity contribution in [2.45, 2.75) is 18.9 Å². The van der Waals surface area contributed by atoms with E-state index in [2.05, 4.69) is 42.6 Å². The monoisotopic (exact) mass is 391 g/mol. The summed E-state index contributed by atoms with van der Waals surface area (Å²) < 4.78 is 0. The van der Waals surface area contributed by atoms with Gasteiger partial charge in [0.1, 0.15) is 0 Å². The quantitative estimate of drug-likeness (QED) is 0.611. The van der Waals surface area contributed by atoms with Crippen molar-refractivity contribution in [1.82, 2.24) is 35.1 Å². The Morgan fingerprint density at radius 2 is 2.14 bits per heavy atom. The summed E-state index contributed by atoms with van der Waals surface area (Å²) in [6.45, 7) is 4.88. The molecule has 2 aromatic heterocycles. The number of carbonyl (C=O) groups excluding carboxylic acids is 1. The Bertz CT molecular complexity index is 989. The lowest BCUT2D eigenvalue weighted by atomic mass is 10.1. The van der Waals surface area contributed by atoms with Gasteiger partial charge in [0.25, 0.3) is 0 Å². The zero-order valence-corrected chi connectivity index (χ0v) is 15.8. The van der Waals surface area contributed by atoms with E-state index in [4.69, 9.17) is 0 Å². The van der Waals surface area contributed by atoms with Gasteiger partial charge < -0.3 is 15.5 Å². The number of nitrogens with zero attached hydrogens (tertiary/aromatic N) is 7. The molecular weight excluding hydrogens is 370 g/mol. The van der Waals surface area contributed by atoms with Gasteiger partial charge in [0.2, 0.25) is 11.9 Å². The summed E-state index contributed by atoms with van der Waals surface area (Å²) in [6, 6.07) is 7.72. The first-order valence-electron chi connectivity index (χ1n) is 9.32. The number of nitrogens with one attached hydrogen (secondary N) is 2. The normalized spacial score (nSPS) is 16.3. The molecule has 1 aliphatic rings. The Hall–Kier alpha value is -3.82. The van der Waals surface area contributed by atoms with Crippen LogP contribution in [0.3, 0.4) is 0 Å². The van der Waals surface area contributed by atoms with E-state index in [-0.39, 0.29) is 11.9 Å². The van der Waals surface area contributed by atoms with Crippen molar-refractivity contribution >= 4 is 23.4 Å². The second kappa shape index (κ2) is 8.46. The predicted molar refractivity (Wildman–Crippen MR) is 108 cm³/mol. The lowest BCUT2D eigenvalue weighted by Crippen LogP contribution is -2.44. The number of hydrogen-bond donors (Lipinski definition) is 2. The zero-order valence-electron chi connectivity index (χ0n) is 15.8. The van der Waals surface area contributed by atoms with Gasteiger partial charge in [0, 0.05) is 24.8 Å². The van der Waals surface area contributed by atoms with Crippen molar-refractivity contribution in [2.75, 3.05) is 23.7 Å². The molecule has 2 N–H and O–H groups in total. The van der Waals surface area contributed by atoms with Crippen LogP contribution in [0.2, 0.25) is 0 Å². The SMILES string of the molecule is C=CC(=O)N1CCCC(Nc2nncc(Nc3cccc(-n4nccn4)c3)n2)C1. The van der Waals surface area contributed by atoms with E-state index in [1.54, 1.807) is 23.5 Å². The van der Waals surface area contributed by atoms with Crippen molar-refractivity contribution in [2.24, 2.45) is 0 Å². The predicted octanol–water partition coefficient (Wildman–Crippen LogP) is 1.78. The third-order valence-corrected chi connectivity index (χ3v) is 4.57. The fraction of sp³-hybridized carbons (Fsp3) is 0.263. The molecular formula is C19H21N9O. The van der Waals surface area contributed by atoms with Crippen LogP contribution in [-0.4, -0.2) is 60.1 Å². The number of benzene rings is 1. The average molecular weight is 391 g/mol. The molecule has 4 rings (SSSR count). The highest BCUT2D eigenvalue weighted by molar-refractivity contribution is 5.87. The van der Waals surface area contributed by atoms with Crippen LogP contribution < -0.4 is 10.6 Å². The van der Waals surface area contributed by atoms with Gasteiger partial charge in [-0.2, -0.15) is 25.1 Å². The molecule has 148 valence electrons. The van der Waals surface area contributed by atoms with Gasteiger partial charge in [-0.15, -0.1) is 5.10 Å². The molecule has 29 heavy (non-hydrogen) atoms. The van der Waals surface area contributed by atoms with Crippen LogP contribution in [-0.2, 0) is 4.79 Å². The average Bonchev–Trinajstić information content (AvgIpc) is 3.29. The summed E-state index contributed by atoms with van der Waals surface area (Å²) in [6.07, 6.45) is 8.00. The van der Waals surface area contributed by atoms with Crippen LogP contribution in [0.15, 0.2) is 55.5 Å². The Morgan fingerprint density at radius 3 is 2.97 bits per heavy atom. The maximum absolute atomic E-state index is 11.9. The van der Waals surface area contributed by atoms with Gasteiger partial charge in [-0.1, -0.05) is 12.6 Å². The number of aromatic nitrogens is 6. The highest BCUT2D eigenvalue weighted by Gasteiger charge is 2.22. The molecule has 0 radical (unpaired) electrons. The lowest BCUT2D eigenvalue weighted by Gasteiger charge is -2.32. The van der Waals surface area contributed by atoms with Gasteiger partial charge in [-0.3, -0.25) is 4.79 Å². The Balaban J connectivity index is 1.43. The van der Waals surface area contributed by atoms with Crippen molar-refractivity contribution in [3.8, 4) is 5.69 Å². The van der Waals surface area contributed by atoms with Crippen molar-refractivity contribution in [3.63, 3.8) is 0 Å². The lowest BCUT2D eigenvalue weighted by molar-refractivity contribution is -0.127. The smallest absolute Gasteiger partial charge is 0.246 e. The van der Waals surface area contributed by atoms with Crippen molar-refractivity contribution < 1.29 is 4.79 Å². The Labute approximate surface area is 167 Å². The molecule has 1 aromatic carbocycles. The second-order valence-corrected chi connectivity index (χ2v) is 6.63. The molecule has 1 unspecified atom stereocenters. The topological polar surface area (TPSA) is 114 Å². The van der Waals surface area contributed by atoms with Crippen LogP contribution in [0.1, 0.15) is 12.8 Å². The first kappa shape index (κ1) is 18.5. The highest BCUT2D eigenvalue weighted by atomic mass is 16.2. The molecule has 0 aliphatic carbocycles. The van der Waals surface area contributed by atoms with Crippen LogP contribution in [0.5, 0.6) is 0 Å². The summed E-state index contributed by atoms with van der Waals surface area (Å²) in [5.74, 6) is 0.915. The molecule has 1 saturated heterocycles. The first-order valence-corrected chi connectivity index (χ1v) is 9.32. The van der Waals surface area contributed by atoms with E-state index in [1.165, 1.54) is 10.9 Å². The summed E-state index contributed by atoms with van der Waals surface area (Å²) >= 11 is 0. The largest absolute Gasteiger partial charge is 0.348 e. The molecule has 3 aromatic rings. The molecule has 10 heteroatoms. The van der Waals surface area contributed by atoms with Crippen molar-refractivity contribution in [3.05, 3.63) is 55.5 Å². The van der Waals surface area contributed by atoms with E-state index in [0.29, 0.717) is 18.3 Å². The second-order valence-electron chi connectivity index (χ2n) is 6.63. The minimum absolute atomic E-state index is 0.0579. The van der Waals surface area contributed by atoms with Crippen LogP contribution >= 0.6 is 0 Å². The van der Waals surface area contributed by atoms with Gasteiger partial charge in [-0.25, -0.2) is 0 Å². The van der Waals surface area contributed by atoms with Crippen LogP contribution in [0.4, 0.5) is 17.5 Å². The van der Waals surface area contributed by atoms with E-state index >= 15 is 0 Å². The van der Waals surface area contributed by atoms with E-state index in [9.17, 15) is 4.79 Å². The number of hydrogen-bond acceptors (Lipinski definition) is 8. The first-order chi connectivity index (χ1) is 14.2. The number of likely N-dealkylation sites (tertiary alicyclic amines) is 1. The molecule has 1 aliphatic heterocycles.